The van der Waals surface area contributed by atoms with E-state index in [4.69, 9.17) is 9.47 Å². The summed E-state index contributed by atoms with van der Waals surface area (Å²) >= 11 is 0. The van der Waals surface area contributed by atoms with Crippen LogP contribution in [0.4, 0.5) is 13.2 Å². The Balaban J connectivity index is 2.19. The van der Waals surface area contributed by atoms with Crippen LogP contribution in [-0.4, -0.2) is 32.5 Å². The van der Waals surface area contributed by atoms with Gasteiger partial charge in [-0.25, -0.2) is 0 Å². The summed E-state index contributed by atoms with van der Waals surface area (Å²) in [6, 6.07) is 6.94. The number of ether oxygens (including phenoxy) is 2. The van der Waals surface area contributed by atoms with E-state index in [1.54, 1.807) is 24.3 Å². The van der Waals surface area contributed by atoms with Crippen molar-refractivity contribution in [2.45, 2.75) is 13.1 Å². The standard InChI is InChI=1S/C12H16F3NO2/c1-2-17-10-3-5-11(6-4-10)18-8-7-16-9-12(13,14)15/h3-6,16H,2,7-9H2,1H3. The average Bonchev–Trinajstić information content (AvgIpc) is 2.30. The third-order valence-corrected chi connectivity index (χ3v) is 2.01. The van der Waals surface area contributed by atoms with E-state index in [1.165, 1.54) is 0 Å². The van der Waals surface area contributed by atoms with Gasteiger partial charge >= 0.3 is 6.18 Å². The van der Waals surface area contributed by atoms with E-state index >= 15 is 0 Å². The molecule has 0 radical (unpaired) electrons. The summed E-state index contributed by atoms with van der Waals surface area (Å²) < 4.78 is 45.9. The molecule has 0 heterocycles. The maximum Gasteiger partial charge on any atom is 0.401 e. The van der Waals surface area contributed by atoms with Crippen molar-refractivity contribution in [3.63, 3.8) is 0 Å². The molecule has 0 aliphatic heterocycles. The zero-order valence-electron chi connectivity index (χ0n) is 10.1. The molecule has 0 aliphatic rings. The van der Waals surface area contributed by atoms with Crippen LogP contribution in [0, 0.1) is 0 Å². The smallest absolute Gasteiger partial charge is 0.401 e. The molecule has 0 saturated carbocycles. The van der Waals surface area contributed by atoms with Crippen LogP contribution in [0.25, 0.3) is 0 Å². The fraction of sp³-hybridized carbons (Fsp3) is 0.500. The molecule has 0 bridgehead atoms. The molecular weight excluding hydrogens is 247 g/mol. The highest BCUT2D eigenvalue weighted by Crippen LogP contribution is 2.17. The van der Waals surface area contributed by atoms with Crippen LogP contribution in [-0.2, 0) is 0 Å². The molecule has 102 valence electrons. The normalized spacial score (nSPS) is 11.3. The zero-order valence-corrected chi connectivity index (χ0v) is 10.1. The number of rotatable bonds is 7. The second kappa shape index (κ2) is 7.10. The Morgan fingerprint density at radius 1 is 1.06 bits per heavy atom. The highest BCUT2D eigenvalue weighted by atomic mass is 19.4. The van der Waals surface area contributed by atoms with Gasteiger partial charge in [-0.05, 0) is 31.2 Å². The monoisotopic (exact) mass is 263 g/mol. The lowest BCUT2D eigenvalue weighted by molar-refractivity contribution is -0.124. The van der Waals surface area contributed by atoms with Crippen LogP contribution >= 0.6 is 0 Å². The fourth-order valence-corrected chi connectivity index (χ4v) is 1.27. The van der Waals surface area contributed by atoms with Gasteiger partial charge in [-0.3, -0.25) is 0 Å². The molecule has 0 aromatic heterocycles. The topological polar surface area (TPSA) is 30.5 Å². The van der Waals surface area contributed by atoms with E-state index in [2.05, 4.69) is 5.32 Å². The zero-order chi connectivity index (χ0) is 13.4. The molecule has 0 atom stereocenters. The van der Waals surface area contributed by atoms with E-state index in [-0.39, 0.29) is 13.2 Å². The number of alkyl halides is 3. The molecule has 0 spiro atoms. The van der Waals surface area contributed by atoms with Crippen LogP contribution < -0.4 is 14.8 Å². The lowest BCUT2D eigenvalue weighted by Crippen LogP contribution is -2.31. The predicted molar refractivity (Wildman–Crippen MR) is 62.0 cm³/mol. The Bertz CT molecular complexity index is 338. The molecule has 1 aromatic rings. The van der Waals surface area contributed by atoms with Crippen molar-refractivity contribution in [1.82, 2.24) is 5.32 Å². The Hall–Kier alpha value is -1.43. The maximum atomic E-state index is 11.8. The van der Waals surface area contributed by atoms with Crippen LogP contribution in [0.1, 0.15) is 6.92 Å². The minimum atomic E-state index is -4.18. The quantitative estimate of drug-likeness (QED) is 0.767. The molecule has 6 heteroatoms. The highest BCUT2D eigenvalue weighted by Gasteiger charge is 2.25. The van der Waals surface area contributed by atoms with Crippen molar-refractivity contribution in [2.75, 3.05) is 26.3 Å². The van der Waals surface area contributed by atoms with Crippen LogP contribution in [0.3, 0.4) is 0 Å². The summed E-state index contributed by atoms with van der Waals surface area (Å²) in [5.74, 6) is 1.34. The molecule has 1 N–H and O–H groups in total. The highest BCUT2D eigenvalue weighted by molar-refractivity contribution is 5.31. The molecule has 1 aromatic carbocycles. The Kier molecular flexibility index (Phi) is 5.77. The fourth-order valence-electron chi connectivity index (χ4n) is 1.27. The van der Waals surface area contributed by atoms with Gasteiger partial charge in [0.05, 0.1) is 13.2 Å². The number of benzene rings is 1. The van der Waals surface area contributed by atoms with Crippen LogP contribution in [0.2, 0.25) is 0 Å². The molecule has 0 aliphatic carbocycles. The summed E-state index contributed by atoms with van der Waals surface area (Å²) in [4.78, 5) is 0. The lowest BCUT2D eigenvalue weighted by Gasteiger charge is -2.10. The lowest BCUT2D eigenvalue weighted by atomic mass is 10.3. The summed E-state index contributed by atoms with van der Waals surface area (Å²) in [6.45, 7) is 1.80. The summed E-state index contributed by atoms with van der Waals surface area (Å²) in [5.41, 5.74) is 0. The van der Waals surface area contributed by atoms with Crippen molar-refractivity contribution in [1.29, 1.82) is 0 Å². The van der Waals surface area contributed by atoms with Gasteiger partial charge in [-0.2, -0.15) is 13.2 Å². The van der Waals surface area contributed by atoms with Gasteiger partial charge in [0.15, 0.2) is 0 Å². The van der Waals surface area contributed by atoms with Crippen molar-refractivity contribution >= 4 is 0 Å². The number of hydrogen-bond acceptors (Lipinski definition) is 3. The molecule has 0 unspecified atom stereocenters. The van der Waals surface area contributed by atoms with E-state index in [0.717, 1.165) is 5.75 Å². The Labute approximate surface area is 104 Å². The van der Waals surface area contributed by atoms with Gasteiger partial charge in [0, 0.05) is 6.54 Å². The van der Waals surface area contributed by atoms with Gasteiger partial charge in [-0.1, -0.05) is 0 Å². The minimum Gasteiger partial charge on any atom is -0.494 e. The first-order valence-electron chi connectivity index (χ1n) is 5.64. The Morgan fingerprint density at radius 3 is 2.11 bits per heavy atom. The molecular formula is C12H16F3NO2. The van der Waals surface area contributed by atoms with E-state index in [1.807, 2.05) is 6.92 Å². The van der Waals surface area contributed by atoms with E-state index in [9.17, 15) is 13.2 Å². The predicted octanol–water partition coefficient (Wildman–Crippen LogP) is 2.62. The summed E-state index contributed by atoms with van der Waals surface area (Å²) in [5, 5.41) is 2.25. The first-order valence-corrected chi connectivity index (χ1v) is 5.64. The minimum absolute atomic E-state index is 0.146. The molecule has 1 rings (SSSR count). The van der Waals surface area contributed by atoms with Crippen molar-refractivity contribution in [3.8, 4) is 11.5 Å². The number of nitrogens with one attached hydrogen (secondary N) is 1. The third kappa shape index (κ3) is 6.34. The molecule has 0 fully saturated rings. The van der Waals surface area contributed by atoms with Crippen molar-refractivity contribution < 1.29 is 22.6 Å². The second-order valence-electron chi connectivity index (χ2n) is 3.54. The van der Waals surface area contributed by atoms with Gasteiger partial charge in [0.2, 0.25) is 0 Å². The van der Waals surface area contributed by atoms with Gasteiger partial charge < -0.3 is 14.8 Å². The van der Waals surface area contributed by atoms with Crippen molar-refractivity contribution in [3.05, 3.63) is 24.3 Å². The van der Waals surface area contributed by atoms with Crippen LogP contribution in [0.15, 0.2) is 24.3 Å². The summed E-state index contributed by atoms with van der Waals surface area (Å²) in [6.07, 6.45) is -4.18. The first kappa shape index (κ1) is 14.6. The SMILES string of the molecule is CCOc1ccc(OCCNCC(F)(F)F)cc1. The second-order valence-corrected chi connectivity index (χ2v) is 3.54. The van der Waals surface area contributed by atoms with E-state index < -0.39 is 12.7 Å². The number of hydrogen-bond donors (Lipinski definition) is 1. The van der Waals surface area contributed by atoms with E-state index in [0.29, 0.717) is 12.4 Å². The molecule has 0 saturated heterocycles. The van der Waals surface area contributed by atoms with Gasteiger partial charge in [0.25, 0.3) is 0 Å². The van der Waals surface area contributed by atoms with Gasteiger partial charge in [-0.15, -0.1) is 0 Å². The maximum absolute atomic E-state index is 11.8. The molecule has 18 heavy (non-hydrogen) atoms. The average molecular weight is 263 g/mol. The third-order valence-electron chi connectivity index (χ3n) is 2.01. The molecule has 0 amide bonds. The number of halogens is 3. The van der Waals surface area contributed by atoms with Gasteiger partial charge in [0.1, 0.15) is 18.1 Å². The van der Waals surface area contributed by atoms with Crippen LogP contribution in [0.5, 0.6) is 11.5 Å². The molecule has 3 nitrogen and oxygen atoms in total. The van der Waals surface area contributed by atoms with Crippen molar-refractivity contribution in [2.24, 2.45) is 0 Å². The summed E-state index contributed by atoms with van der Waals surface area (Å²) in [7, 11) is 0. The Morgan fingerprint density at radius 2 is 1.61 bits per heavy atom. The largest absolute Gasteiger partial charge is 0.494 e. The first-order chi connectivity index (χ1) is 8.51.